The van der Waals surface area contributed by atoms with Gasteiger partial charge >= 0.3 is 6.03 Å². The minimum Gasteiger partial charge on any atom is -0.384 e. The molecule has 1 aromatic heterocycles. The van der Waals surface area contributed by atoms with Crippen molar-refractivity contribution >= 4 is 23.1 Å². The number of amides is 2. The predicted octanol–water partition coefficient (Wildman–Crippen LogP) is 4.01. The SMILES string of the molecule is COC[C@@H]1CCCN(C(=O)Nc2cccc(-c3csc(C)n3)c2)C1. The lowest BCUT2D eigenvalue weighted by Gasteiger charge is -2.32. The van der Waals surface area contributed by atoms with E-state index >= 15 is 0 Å². The number of thiazole rings is 1. The molecule has 1 N–H and O–H groups in total. The Bertz CT molecular complexity index is 699. The molecule has 1 atom stereocenters. The van der Waals surface area contributed by atoms with Crippen molar-refractivity contribution in [2.45, 2.75) is 19.8 Å². The molecule has 5 nitrogen and oxygen atoms in total. The molecule has 128 valence electrons. The van der Waals surface area contributed by atoms with Gasteiger partial charge in [-0.2, -0.15) is 0 Å². The largest absolute Gasteiger partial charge is 0.384 e. The number of piperidine rings is 1. The number of aromatic nitrogens is 1. The summed E-state index contributed by atoms with van der Waals surface area (Å²) in [6.45, 7) is 4.26. The highest BCUT2D eigenvalue weighted by atomic mass is 32.1. The van der Waals surface area contributed by atoms with E-state index in [1.54, 1.807) is 18.4 Å². The van der Waals surface area contributed by atoms with Crippen LogP contribution in [0.1, 0.15) is 17.8 Å². The highest BCUT2D eigenvalue weighted by Gasteiger charge is 2.23. The number of nitrogens with one attached hydrogen (secondary N) is 1. The Morgan fingerprint density at radius 2 is 2.38 bits per heavy atom. The van der Waals surface area contributed by atoms with Gasteiger partial charge < -0.3 is 15.0 Å². The Hall–Kier alpha value is -1.92. The third-order valence-electron chi connectivity index (χ3n) is 4.24. The number of carbonyl (C=O) groups excluding carboxylic acids is 1. The van der Waals surface area contributed by atoms with Crippen molar-refractivity contribution in [3.8, 4) is 11.3 Å². The molecular formula is C18H23N3O2S. The lowest BCUT2D eigenvalue weighted by atomic mass is 9.99. The van der Waals surface area contributed by atoms with E-state index < -0.39 is 0 Å². The van der Waals surface area contributed by atoms with Crippen LogP contribution in [0.25, 0.3) is 11.3 Å². The molecule has 0 saturated carbocycles. The molecule has 0 radical (unpaired) electrons. The first-order valence-electron chi connectivity index (χ1n) is 8.23. The van der Waals surface area contributed by atoms with Crippen LogP contribution in [0.3, 0.4) is 0 Å². The number of urea groups is 1. The van der Waals surface area contributed by atoms with E-state index in [2.05, 4.69) is 10.3 Å². The Morgan fingerprint density at radius 1 is 1.50 bits per heavy atom. The van der Waals surface area contributed by atoms with Gasteiger partial charge in [-0.15, -0.1) is 11.3 Å². The highest BCUT2D eigenvalue weighted by molar-refractivity contribution is 7.09. The van der Waals surface area contributed by atoms with Crippen molar-refractivity contribution in [1.82, 2.24) is 9.88 Å². The summed E-state index contributed by atoms with van der Waals surface area (Å²) in [6.07, 6.45) is 2.15. The number of benzene rings is 1. The summed E-state index contributed by atoms with van der Waals surface area (Å²) in [7, 11) is 1.71. The van der Waals surface area contributed by atoms with Gasteiger partial charge in [-0.1, -0.05) is 12.1 Å². The summed E-state index contributed by atoms with van der Waals surface area (Å²) in [6, 6.07) is 7.81. The van der Waals surface area contributed by atoms with Crippen molar-refractivity contribution < 1.29 is 9.53 Å². The molecule has 2 amide bonds. The first-order chi connectivity index (χ1) is 11.7. The molecule has 0 aliphatic carbocycles. The van der Waals surface area contributed by atoms with E-state index in [0.717, 1.165) is 47.9 Å². The van der Waals surface area contributed by atoms with Crippen molar-refractivity contribution in [2.75, 3.05) is 32.1 Å². The molecule has 2 aromatic rings. The van der Waals surface area contributed by atoms with E-state index in [1.165, 1.54) is 0 Å². The molecule has 1 saturated heterocycles. The summed E-state index contributed by atoms with van der Waals surface area (Å²) in [5.74, 6) is 0.429. The summed E-state index contributed by atoms with van der Waals surface area (Å²) >= 11 is 1.63. The molecule has 0 spiro atoms. The van der Waals surface area contributed by atoms with Crippen LogP contribution in [0.2, 0.25) is 0 Å². The number of nitrogens with zero attached hydrogens (tertiary/aromatic N) is 2. The zero-order valence-corrected chi connectivity index (χ0v) is 14.9. The second kappa shape index (κ2) is 7.77. The van der Waals surface area contributed by atoms with E-state index in [4.69, 9.17) is 4.74 Å². The van der Waals surface area contributed by atoms with Gasteiger partial charge in [0.2, 0.25) is 0 Å². The van der Waals surface area contributed by atoms with Gasteiger partial charge in [0.1, 0.15) is 0 Å². The maximum Gasteiger partial charge on any atom is 0.321 e. The van der Waals surface area contributed by atoms with Crippen molar-refractivity contribution in [3.63, 3.8) is 0 Å². The topological polar surface area (TPSA) is 54.5 Å². The normalized spacial score (nSPS) is 17.8. The van der Waals surface area contributed by atoms with Crippen molar-refractivity contribution in [1.29, 1.82) is 0 Å². The molecular weight excluding hydrogens is 322 g/mol. The lowest BCUT2D eigenvalue weighted by Crippen LogP contribution is -2.43. The Kier molecular flexibility index (Phi) is 5.48. The van der Waals surface area contributed by atoms with E-state index in [-0.39, 0.29) is 6.03 Å². The summed E-state index contributed by atoms with van der Waals surface area (Å²) < 4.78 is 5.23. The van der Waals surface area contributed by atoms with Crippen molar-refractivity contribution in [3.05, 3.63) is 34.7 Å². The number of methoxy groups -OCH3 is 1. The van der Waals surface area contributed by atoms with Gasteiger partial charge in [-0.05, 0) is 31.9 Å². The Labute approximate surface area is 146 Å². The zero-order valence-electron chi connectivity index (χ0n) is 14.1. The molecule has 3 rings (SSSR count). The molecule has 1 aliphatic rings. The van der Waals surface area contributed by atoms with Gasteiger partial charge in [-0.3, -0.25) is 0 Å². The quantitative estimate of drug-likeness (QED) is 0.911. The van der Waals surface area contributed by atoms with Crippen LogP contribution < -0.4 is 5.32 Å². The number of hydrogen-bond donors (Lipinski definition) is 1. The number of anilines is 1. The molecule has 2 heterocycles. The van der Waals surface area contributed by atoms with Crippen LogP contribution in [-0.2, 0) is 4.74 Å². The minimum absolute atomic E-state index is 0.0394. The van der Waals surface area contributed by atoms with E-state index in [1.807, 2.05) is 41.5 Å². The summed E-state index contributed by atoms with van der Waals surface area (Å²) in [4.78, 5) is 18.9. The fourth-order valence-electron chi connectivity index (χ4n) is 3.08. The van der Waals surface area contributed by atoms with Gasteiger partial charge in [0.15, 0.2) is 0 Å². The standard InChI is InChI=1S/C18H23N3O2S/c1-13-19-17(12-24-13)15-6-3-7-16(9-15)20-18(22)21-8-4-5-14(10-21)11-23-2/h3,6-7,9,12,14H,4-5,8,10-11H2,1-2H3,(H,20,22)/t14-/m1/s1. The molecule has 6 heteroatoms. The fraction of sp³-hybridized carbons (Fsp3) is 0.444. The van der Waals surface area contributed by atoms with Crippen LogP contribution in [-0.4, -0.2) is 42.7 Å². The molecule has 1 aromatic carbocycles. The average Bonchev–Trinajstić information content (AvgIpc) is 3.02. The first kappa shape index (κ1) is 16.9. The van der Waals surface area contributed by atoms with Crippen LogP contribution in [0.5, 0.6) is 0 Å². The van der Waals surface area contributed by atoms with Gasteiger partial charge in [0.05, 0.1) is 17.3 Å². The van der Waals surface area contributed by atoms with Crippen LogP contribution in [0.15, 0.2) is 29.6 Å². The summed E-state index contributed by atoms with van der Waals surface area (Å²) in [5, 5.41) is 6.09. The number of hydrogen-bond acceptors (Lipinski definition) is 4. The summed E-state index contributed by atoms with van der Waals surface area (Å²) in [5.41, 5.74) is 2.77. The Morgan fingerprint density at radius 3 is 3.12 bits per heavy atom. The second-order valence-corrected chi connectivity index (χ2v) is 7.23. The van der Waals surface area contributed by atoms with Crippen LogP contribution in [0, 0.1) is 12.8 Å². The van der Waals surface area contributed by atoms with Gasteiger partial charge in [0, 0.05) is 42.7 Å². The van der Waals surface area contributed by atoms with Crippen molar-refractivity contribution in [2.24, 2.45) is 5.92 Å². The minimum atomic E-state index is -0.0394. The number of ether oxygens (including phenoxy) is 1. The third kappa shape index (κ3) is 4.13. The smallest absolute Gasteiger partial charge is 0.321 e. The molecule has 0 unspecified atom stereocenters. The monoisotopic (exact) mass is 345 g/mol. The van der Waals surface area contributed by atoms with Gasteiger partial charge in [0.25, 0.3) is 0 Å². The molecule has 0 bridgehead atoms. The highest BCUT2D eigenvalue weighted by Crippen LogP contribution is 2.25. The predicted molar refractivity (Wildman–Crippen MR) is 97.5 cm³/mol. The number of carbonyl (C=O) groups is 1. The first-order valence-corrected chi connectivity index (χ1v) is 9.11. The van der Waals surface area contributed by atoms with Crippen LogP contribution >= 0.6 is 11.3 Å². The fourth-order valence-corrected chi connectivity index (χ4v) is 3.70. The van der Waals surface area contributed by atoms with Crippen LogP contribution in [0.4, 0.5) is 10.5 Å². The molecule has 1 aliphatic heterocycles. The average molecular weight is 345 g/mol. The maximum atomic E-state index is 12.5. The second-order valence-electron chi connectivity index (χ2n) is 6.17. The maximum absolute atomic E-state index is 12.5. The number of rotatable bonds is 4. The number of likely N-dealkylation sites (tertiary alicyclic amines) is 1. The number of aryl methyl sites for hydroxylation is 1. The van der Waals surface area contributed by atoms with Gasteiger partial charge in [-0.25, -0.2) is 9.78 Å². The Balaban J connectivity index is 1.66. The molecule has 1 fully saturated rings. The van der Waals surface area contributed by atoms with E-state index in [0.29, 0.717) is 12.5 Å². The van der Waals surface area contributed by atoms with E-state index in [9.17, 15) is 4.79 Å². The lowest BCUT2D eigenvalue weighted by molar-refractivity contribution is 0.104. The zero-order chi connectivity index (χ0) is 16.9. The molecule has 24 heavy (non-hydrogen) atoms. The third-order valence-corrected chi connectivity index (χ3v) is 5.01.